The summed E-state index contributed by atoms with van der Waals surface area (Å²) in [5.41, 5.74) is 4.11. The molecule has 6 heteroatoms. The summed E-state index contributed by atoms with van der Waals surface area (Å²) in [5, 5.41) is 9.39. The quantitative estimate of drug-likeness (QED) is 0.599. The molecular weight excluding hydrogens is 350 g/mol. The summed E-state index contributed by atoms with van der Waals surface area (Å²) in [6.45, 7) is 2.29. The molecule has 0 amide bonds. The van der Waals surface area contributed by atoms with Crippen molar-refractivity contribution in [3.05, 3.63) is 82.7 Å². The van der Waals surface area contributed by atoms with Gasteiger partial charge in [-0.25, -0.2) is 9.67 Å². The first-order valence-corrected chi connectivity index (χ1v) is 9.61. The highest BCUT2D eigenvalue weighted by atomic mass is 16.1. The monoisotopic (exact) mass is 371 g/mol. The predicted molar refractivity (Wildman–Crippen MR) is 110 cm³/mol. The number of hydrogen-bond acceptors (Lipinski definition) is 4. The van der Waals surface area contributed by atoms with E-state index in [2.05, 4.69) is 21.5 Å². The van der Waals surface area contributed by atoms with Gasteiger partial charge >= 0.3 is 0 Å². The third-order valence-corrected chi connectivity index (χ3v) is 5.28. The van der Waals surface area contributed by atoms with E-state index in [4.69, 9.17) is 0 Å². The van der Waals surface area contributed by atoms with Gasteiger partial charge in [0, 0.05) is 30.7 Å². The molecule has 0 bridgehead atoms. The topological polar surface area (TPSA) is 64.2 Å². The molecule has 0 saturated carbocycles. The number of aryl methyl sites for hydroxylation is 2. The van der Waals surface area contributed by atoms with E-state index in [0.29, 0.717) is 13.0 Å². The lowest BCUT2D eigenvalue weighted by atomic mass is 9.96. The zero-order valence-corrected chi connectivity index (χ0v) is 15.5. The molecule has 6 nitrogen and oxygen atoms in total. The average molecular weight is 371 g/mol. The summed E-state index contributed by atoms with van der Waals surface area (Å²) in [7, 11) is 0. The highest BCUT2D eigenvalue weighted by Gasteiger charge is 2.14. The van der Waals surface area contributed by atoms with Crippen LogP contribution in [0.25, 0.3) is 22.0 Å². The molecule has 0 spiro atoms. The number of nitrogens with zero attached hydrogens (tertiary/aromatic N) is 4. The number of pyridine rings is 1. The van der Waals surface area contributed by atoms with E-state index in [1.54, 1.807) is 10.9 Å². The van der Waals surface area contributed by atoms with Gasteiger partial charge in [0.2, 0.25) is 0 Å². The first kappa shape index (κ1) is 16.9. The van der Waals surface area contributed by atoms with Gasteiger partial charge in [-0.15, -0.1) is 0 Å². The predicted octanol–water partition coefficient (Wildman–Crippen LogP) is 2.66. The van der Waals surface area contributed by atoms with Gasteiger partial charge in [0.15, 0.2) is 0 Å². The largest absolute Gasteiger partial charge is 0.313 e. The summed E-state index contributed by atoms with van der Waals surface area (Å²) in [4.78, 5) is 17.8. The first-order valence-electron chi connectivity index (χ1n) is 9.61. The molecule has 0 saturated heterocycles. The summed E-state index contributed by atoms with van der Waals surface area (Å²) in [6.07, 6.45) is 9.56. The van der Waals surface area contributed by atoms with Gasteiger partial charge in [-0.1, -0.05) is 30.3 Å². The number of imidazole rings is 1. The maximum Gasteiger partial charge on any atom is 0.275 e. The second kappa shape index (κ2) is 7.05. The number of hydrogen-bond donors (Lipinski definition) is 1. The fraction of sp³-hybridized carbons (Fsp3) is 0.227. The summed E-state index contributed by atoms with van der Waals surface area (Å²) in [5.74, 6) is 0. The number of rotatable bonds is 4. The van der Waals surface area contributed by atoms with Gasteiger partial charge in [-0.2, -0.15) is 5.10 Å². The smallest absolute Gasteiger partial charge is 0.275 e. The van der Waals surface area contributed by atoms with Crippen LogP contribution < -0.4 is 10.9 Å². The molecule has 1 N–H and O–H groups in total. The van der Waals surface area contributed by atoms with E-state index in [-0.39, 0.29) is 5.56 Å². The molecule has 0 aliphatic carbocycles. The maximum absolute atomic E-state index is 13.2. The molecule has 1 aliphatic heterocycles. The molecule has 0 radical (unpaired) electrons. The Balaban J connectivity index is 1.50. The lowest BCUT2D eigenvalue weighted by Crippen LogP contribution is -2.25. The zero-order valence-electron chi connectivity index (χ0n) is 15.5. The summed E-state index contributed by atoms with van der Waals surface area (Å²) >= 11 is 0. The van der Waals surface area contributed by atoms with E-state index in [1.807, 2.05) is 53.2 Å². The molecule has 3 aromatic heterocycles. The van der Waals surface area contributed by atoms with Gasteiger partial charge in [0.25, 0.3) is 5.56 Å². The van der Waals surface area contributed by atoms with Crippen molar-refractivity contribution in [3.8, 4) is 0 Å². The van der Waals surface area contributed by atoms with Crippen LogP contribution in [0.3, 0.4) is 0 Å². The van der Waals surface area contributed by atoms with Crippen molar-refractivity contribution in [2.45, 2.75) is 19.4 Å². The van der Waals surface area contributed by atoms with Crippen molar-refractivity contribution in [2.24, 2.45) is 0 Å². The van der Waals surface area contributed by atoms with E-state index in [9.17, 15) is 4.79 Å². The third kappa shape index (κ3) is 3.01. The Labute approximate surface area is 162 Å². The van der Waals surface area contributed by atoms with E-state index >= 15 is 0 Å². The molecular formula is C22H21N5O. The minimum Gasteiger partial charge on any atom is -0.313 e. The Hall–Kier alpha value is -3.25. The van der Waals surface area contributed by atoms with Crippen LogP contribution in [0.15, 0.2) is 65.9 Å². The molecule has 140 valence electrons. The number of fused-ring (bicyclic) bond motifs is 2. The van der Waals surface area contributed by atoms with Crippen LogP contribution in [0.5, 0.6) is 0 Å². The molecule has 1 aliphatic rings. The number of nitrogens with one attached hydrogen (secondary N) is 1. The molecule has 0 atom stereocenters. The lowest BCUT2D eigenvalue weighted by molar-refractivity contribution is 0.580. The lowest BCUT2D eigenvalue weighted by Gasteiger charge is -2.16. The van der Waals surface area contributed by atoms with Gasteiger partial charge in [0.05, 0.1) is 23.8 Å². The summed E-state index contributed by atoms with van der Waals surface area (Å²) in [6, 6.07) is 11.9. The fourth-order valence-corrected chi connectivity index (χ4v) is 3.85. The van der Waals surface area contributed by atoms with E-state index in [1.165, 1.54) is 5.57 Å². The number of aromatic nitrogens is 4. The molecule has 28 heavy (non-hydrogen) atoms. The molecule has 0 unspecified atom stereocenters. The molecule has 4 heterocycles. The minimum atomic E-state index is -0.0312. The third-order valence-electron chi connectivity index (χ3n) is 5.28. The Morgan fingerprint density at radius 1 is 1.14 bits per heavy atom. The highest BCUT2D eigenvalue weighted by molar-refractivity contribution is 5.93. The van der Waals surface area contributed by atoms with Crippen molar-refractivity contribution < 1.29 is 0 Å². The van der Waals surface area contributed by atoms with E-state index in [0.717, 1.165) is 47.2 Å². The second-order valence-corrected chi connectivity index (χ2v) is 7.07. The van der Waals surface area contributed by atoms with Crippen LogP contribution in [0, 0.1) is 0 Å². The van der Waals surface area contributed by atoms with Crippen molar-refractivity contribution in [3.63, 3.8) is 0 Å². The summed E-state index contributed by atoms with van der Waals surface area (Å²) < 4.78 is 3.56. The number of benzene rings is 1. The van der Waals surface area contributed by atoms with Crippen LogP contribution >= 0.6 is 0 Å². The Bertz CT molecular complexity index is 1220. The van der Waals surface area contributed by atoms with Crippen LogP contribution in [-0.2, 0) is 13.0 Å². The van der Waals surface area contributed by atoms with Crippen molar-refractivity contribution in [2.75, 3.05) is 13.1 Å². The van der Waals surface area contributed by atoms with Crippen LogP contribution in [0.4, 0.5) is 0 Å². The van der Waals surface area contributed by atoms with E-state index < -0.39 is 0 Å². The second-order valence-electron chi connectivity index (χ2n) is 7.07. The Morgan fingerprint density at radius 2 is 2.11 bits per heavy atom. The van der Waals surface area contributed by atoms with Crippen LogP contribution in [0.1, 0.15) is 17.7 Å². The Morgan fingerprint density at radius 3 is 2.96 bits per heavy atom. The van der Waals surface area contributed by atoms with Crippen LogP contribution in [-0.4, -0.2) is 32.3 Å². The Kier molecular flexibility index (Phi) is 4.25. The van der Waals surface area contributed by atoms with Crippen molar-refractivity contribution in [1.82, 2.24) is 24.5 Å². The minimum absolute atomic E-state index is 0.0312. The molecule has 5 rings (SSSR count). The van der Waals surface area contributed by atoms with Gasteiger partial charge < -0.3 is 9.72 Å². The van der Waals surface area contributed by atoms with Crippen molar-refractivity contribution >= 4 is 22.0 Å². The maximum atomic E-state index is 13.2. The highest BCUT2D eigenvalue weighted by Crippen LogP contribution is 2.25. The van der Waals surface area contributed by atoms with Gasteiger partial charge in [0.1, 0.15) is 5.65 Å². The molecule has 0 fully saturated rings. The first-order chi connectivity index (χ1) is 13.8. The molecule has 1 aromatic carbocycles. The van der Waals surface area contributed by atoms with Gasteiger partial charge in [-0.05, 0) is 36.2 Å². The standard InChI is InChI=1S/C22H21N5O/c28-22-21-17(4-3-5-19(21)16-7-10-23-11-8-16)14-24-27(22)13-9-18-15-26-12-2-1-6-20(26)25-18/h1-7,12,14-15,23H,8-11,13H2. The SMILES string of the molecule is O=c1c2c(C3=CCNCC3)cccc2cnn1CCc1cn2ccccc2n1. The van der Waals surface area contributed by atoms with Gasteiger partial charge in [-0.3, -0.25) is 4.79 Å². The fourth-order valence-electron chi connectivity index (χ4n) is 3.85. The van der Waals surface area contributed by atoms with Crippen molar-refractivity contribution in [1.29, 1.82) is 0 Å². The van der Waals surface area contributed by atoms with Crippen LogP contribution in [0.2, 0.25) is 0 Å². The normalized spacial score (nSPS) is 14.5. The average Bonchev–Trinajstić information content (AvgIpc) is 3.16. The zero-order chi connectivity index (χ0) is 18.9. The molecule has 4 aromatic rings.